The number of nitrogens with zero attached hydrogens (tertiary/aromatic N) is 1. The van der Waals surface area contributed by atoms with Crippen LogP contribution in [0.1, 0.15) is 32.1 Å². The van der Waals surface area contributed by atoms with Crippen LogP contribution in [0.3, 0.4) is 0 Å². The SMILES string of the molecule is C=CCCCC(=O)N1CCCC1CNC.Cl.Cl. The Balaban J connectivity index is 0. The number of amides is 1. The maximum atomic E-state index is 11.9. The number of rotatable bonds is 6. The van der Waals surface area contributed by atoms with Crippen LogP contribution in [-0.2, 0) is 4.79 Å². The van der Waals surface area contributed by atoms with Crippen molar-refractivity contribution in [3.63, 3.8) is 0 Å². The van der Waals surface area contributed by atoms with Crippen molar-refractivity contribution in [3.8, 4) is 0 Å². The van der Waals surface area contributed by atoms with Gasteiger partial charge in [0.15, 0.2) is 0 Å². The Bertz CT molecular complexity index is 225. The van der Waals surface area contributed by atoms with Gasteiger partial charge in [0, 0.05) is 25.6 Å². The molecule has 0 radical (unpaired) electrons. The molecular weight excluding hydrogens is 259 g/mol. The fourth-order valence-corrected chi connectivity index (χ4v) is 2.15. The first-order valence-corrected chi connectivity index (χ1v) is 5.84. The van der Waals surface area contributed by atoms with Gasteiger partial charge in [0.05, 0.1) is 0 Å². The summed E-state index contributed by atoms with van der Waals surface area (Å²) < 4.78 is 0. The van der Waals surface area contributed by atoms with E-state index in [1.54, 1.807) is 0 Å². The van der Waals surface area contributed by atoms with Gasteiger partial charge in [-0.15, -0.1) is 31.4 Å². The van der Waals surface area contributed by atoms with E-state index < -0.39 is 0 Å². The van der Waals surface area contributed by atoms with Crippen LogP contribution in [-0.4, -0.2) is 37.0 Å². The third kappa shape index (κ3) is 6.29. The normalized spacial score (nSPS) is 18.2. The fourth-order valence-electron chi connectivity index (χ4n) is 2.15. The lowest BCUT2D eigenvalue weighted by atomic mass is 10.2. The molecule has 3 nitrogen and oxygen atoms in total. The molecule has 1 aliphatic heterocycles. The lowest BCUT2D eigenvalue weighted by Gasteiger charge is -2.24. The zero-order chi connectivity index (χ0) is 11.1. The Kier molecular flexibility index (Phi) is 12.2. The maximum absolute atomic E-state index is 11.9. The monoisotopic (exact) mass is 282 g/mol. The molecule has 1 rings (SSSR count). The number of carbonyl (C=O) groups excluding carboxylic acids is 1. The number of likely N-dealkylation sites (N-methyl/N-ethyl adjacent to an activating group) is 1. The van der Waals surface area contributed by atoms with E-state index in [0.717, 1.165) is 38.8 Å². The number of hydrogen-bond acceptors (Lipinski definition) is 2. The van der Waals surface area contributed by atoms with Gasteiger partial charge in [0.25, 0.3) is 0 Å². The summed E-state index contributed by atoms with van der Waals surface area (Å²) in [5, 5.41) is 3.15. The van der Waals surface area contributed by atoms with Crippen LogP contribution in [0.5, 0.6) is 0 Å². The Hall–Kier alpha value is -0.250. The molecule has 102 valence electrons. The van der Waals surface area contributed by atoms with Gasteiger partial charge < -0.3 is 10.2 Å². The van der Waals surface area contributed by atoms with E-state index in [2.05, 4.69) is 11.9 Å². The molecule has 1 unspecified atom stereocenters. The van der Waals surface area contributed by atoms with Crippen molar-refractivity contribution >= 4 is 30.7 Å². The van der Waals surface area contributed by atoms with Gasteiger partial charge in [-0.05, 0) is 32.7 Å². The number of nitrogens with one attached hydrogen (secondary N) is 1. The summed E-state index contributed by atoms with van der Waals surface area (Å²) in [6, 6.07) is 0.422. The predicted octanol–water partition coefficient (Wildman–Crippen LogP) is 2.40. The molecule has 1 atom stereocenters. The Morgan fingerprint density at radius 2 is 2.24 bits per heavy atom. The highest BCUT2D eigenvalue weighted by Gasteiger charge is 2.27. The fraction of sp³-hybridized carbons (Fsp3) is 0.750. The first-order valence-electron chi connectivity index (χ1n) is 5.84. The maximum Gasteiger partial charge on any atom is 0.222 e. The topological polar surface area (TPSA) is 32.3 Å². The van der Waals surface area contributed by atoms with E-state index in [1.165, 1.54) is 0 Å². The highest BCUT2D eigenvalue weighted by atomic mass is 35.5. The minimum atomic E-state index is 0. The number of unbranched alkanes of at least 4 members (excludes halogenated alkanes) is 1. The molecule has 17 heavy (non-hydrogen) atoms. The highest BCUT2D eigenvalue weighted by molar-refractivity contribution is 5.85. The van der Waals surface area contributed by atoms with Gasteiger partial charge in [-0.2, -0.15) is 0 Å². The third-order valence-corrected chi connectivity index (χ3v) is 2.94. The summed E-state index contributed by atoms with van der Waals surface area (Å²) in [6.45, 7) is 5.53. The number of allylic oxidation sites excluding steroid dienone is 1. The molecule has 0 aromatic heterocycles. The molecule has 0 saturated carbocycles. The van der Waals surface area contributed by atoms with Crippen molar-refractivity contribution in [1.82, 2.24) is 10.2 Å². The summed E-state index contributed by atoms with van der Waals surface area (Å²) >= 11 is 0. The van der Waals surface area contributed by atoms with Crippen molar-refractivity contribution < 1.29 is 4.79 Å². The molecule has 0 aromatic rings. The van der Waals surface area contributed by atoms with Gasteiger partial charge >= 0.3 is 0 Å². The van der Waals surface area contributed by atoms with E-state index in [1.807, 2.05) is 18.0 Å². The first-order chi connectivity index (χ1) is 7.29. The average Bonchev–Trinajstić information content (AvgIpc) is 2.67. The van der Waals surface area contributed by atoms with Gasteiger partial charge in [-0.1, -0.05) is 6.08 Å². The molecule has 5 heteroatoms. The molecule has 0 bridgehead atoms. The van der Waals surface area contributed by atoms with E-state index in [4.69, 9.17) is 0 Å². The van der Waals surface area contributed by atoms with Gasteiger partial charge in [0.2, 0.25) is 5.91 Å². The minimum absolute atomic E-state index is 0. The van der Waals surface area contributed by atoms with Crippen molar-refractivity contribution in [2.45, 2.75) is 38.1 Å². The Morgan fingerprint density at radius 1 is 1.53 bits per heavy atom. The molecule has 1 aliphatic rings. The first kappa shape index (κ1) is 19.1. The standard InChI is InChI=1S/C12H22N2O.2ClH/c1-3-4-5-8-12(15)14-9-6-7-11(14)10-13-2;;/h3,11,13H,1,4-10H2,2H3;2*1H. The number of halogens is 2. The second-order valence-electron chi connectivity index (χ2n) is 4.12. The Morgan fingerprint density at radius 3 is 2.82 bits per heavy atom. The van der Waals surface area contributed by atoms with Crippen LogP contribution in [0.2, 0.25) is 0 Å². The van der Waals surface area contributed by atoms with Crippen molar-refractivity contribution in [2.24, 2.45) is 0 Å². The van der Waals surface area contributed by atoms with E-state index in [9.17, 15) is 4.79 Å². The molecular formula is C12H24Cl2N2O. The van der Waals surface area contributed by atoms with E-state index in [-0.39, 0.29) is 24.8 Å². The quantitative estimate of drug-likeness (QED) is 0.599. The zero-order valence-corrected chi connectivity index (χ0v) is 12.1. The molecule has 1 amide bonds. The van der Waals surface area contributed by atoms with Crippen LogP contribution >= 0.6 is 24.8 Å². The van der Waals surface area contributed by atoms with Crippen LogP contribution in [0, 0.1) is 0 Å². The van der Waals surface area contributed by atoms with Crippen LogP contribution < -0.4 is 5.32 Å². The highest BCUT2D eigenvalue weighted by Crippen LogP contribution is 2.18. The van der Waals surface area contributed by atoms with Crippen LogP contribution in [0.25, 0.3) is 0 Å². The predicted molar refractivity (Wildman–Crippen MR) is 77.2 cm³/mol. The molecule has 1 fully saturated rings. The summed E-state index contributed by atoms with van der Waals surface area (Å²) in [6.07, 6.45) is 6.73. The number of likely N-dealkylation sites (tertiary alicyclic amines) is 1. The summed E-state index contributed by atoms with van der Waals surface area (Å²) in [5.74, 6) is 0.314. The largest absolute Gasteiger partial charge is 0.338 e. The Labute approximate surface area is 117 Å². The van der Waals surface area contributed by atoms with Crippen molar-refractivity contribution in [2.75, 3.05) is 20.1 Å². The second-order valence-corrected chi connectivity index (χ2v) is 4.12. The average molecular weight is 283 g/mol. The molecule has 0 aliphatic carbocycles. The van der Waals surface area contributed by atoms with E-state index in [0.29, 0.717) is 18.4 Å². The molecule has 1 N–H and O–H groups in total. The summed E-state index contributed by atoms with van der Waals surface area (Å²) in [4.78, 5) is 13.9. The van der Waals surface area contributed by atoms with Crippen molar-refractivity contribution in [3.05, 3.63) is 12.7 Å². The molecule has 1 saturated heterocycles. The van der Waals surface area contributed by atoms with Gasteiger partial charge in [-0.25, -0.2) is 0 Å². The van der Waals surface area contributed by atoms with Crippen molar-refractivity contribution in [1.29, 1.82) is 0 Å². The second kappa shape index (κ2) is 10.9. The summed E-state index contributed by atoms with van der Waals surface area (Å²) in [5.41, 5.74) is 0. The van der Waals surface area contributed by atoms with E-state index >= 15 is 0 Å². The lowest BCUT2D eigenvalue weighted by molar-refractivity contribution is -0.132. The summed E-state index contributed by atoms with van der Waals surface area (Å²) in [7, 11) is 1.94. The number of carbonyl (C=O) groups is 1. The molecule has 1 heterocycles. The lowest BCUT2D eigenvalue weighted by Crippen LogP contribution is -2.40. The zero-order valence-electron chi connectivity index (χ0n) is 10.5. The molecule has 0 aromatic carbocycles. The van der Waals surface area contributed by atoms with Crippen LogP contribution in [0.15, 0.2) is 12.7 Å². The van der Waals surface area contributed by atoms with Crippen LogP contribution in [0.4, 0.5) is 0 Å². The number of hydrogen-bond donors (Lipinski definition) is 1. The van der Waals surface area contributed by atoms with Gasteiger partial charge in [-0.3, -0.25) is 4.79 Å². The molecule has 0 spiro atoms. The van der Waals surface area contributed by atoms with Gasteiger partial charge in [0.1, 0.15) is 0 Å². The smallest absolute Gasteiger partial charge is 0.222 e. The third-order valence-electron chi connectivity index (χ3n) is 2.94. The minimum Gasteiger partial charge on any atom is -0.338 e.